The molecule has 2 N–H and O–H groups in total. The standard InChI is InChI=1S/C15H19N3/c1-10-8-13(16)9-18-11(2)14(17-15(10)18)12-6-4-3-5-7-12/h3-7,10,13H,8-9,16H2,1-2H3. The van der Waals surface area contributed by atoms with E-state index in [1.54, 1.807) is 0 Å². The van der Waals surface area contributed by atoms with Crippen LogP contribution in [0.3, 0.4) is 0 Å². The Morgan fingerprint density at radius 1 is 1.28 bits per heavy atom. The van der Waals surface area contributed by atoms with Gasteiger partial charge in [-0.1, -0.05) is 37.3 Å². The first-order valence-electron chi connectivity index (χ1n) is 6.55. The highest BCUT2D eigenvalue weighted by Crippen LogP contribution is 2.31. The van der Waals surface area contributed by atoms with Crippen LogP contribution in [0.15, 0.2) is 30.3 Å². The van der Waals surface area contributed by atoms with Gasteiger partial charge >= 0.3 is 0 Å². The van der Waals surface area contributed by atoms with E-state index in [4.69, 9.17) is 10.7 Å². The highest BCUT2D eigenvalue weighted by atomic mass is 15.1. The van der Waals surface area contributed by atoms with Crippen LogP contribution in [0.5, 0.6) is 0 Å². The maximum absolute atomic E-state index is 6.11. The van der Waals surface area contributed by atoms with Crippen molar-refractivity contribution in [3.63, 3.8) is 0 Å². The zero-order valence-electron chi connectivity index (χ0n) is 10.9. The third-order valence-corrected chi connectivity index (χ3v) is 3.81. The molecule has 2 unspecified atom stereocenters. The molecule has 18 heavy (non-hydrogen) atoms. The zero-order valence-corrected chi connectivity index (χ0v) is 10.9. The Kier molecular flexibility index (Phi) is 2.71. The molecule has 0 fully saturated rings. The lowest BCUT2D eigenvalue weighted by molar-refractivity contribution is 0.403. The van der Waals surface area contributed by atoms with Crippen LogP contribution in [0.25, 0.3) is 11.3 Å². The number of imidazole rings is 1. The molecule has 0 saturated heterocycles. The first kappa shape index (κ1) is 11.5. The molecule has 3 heteroatoms. The summed E-state index contributed by atoms with van der Waals surface area (Å²) in [6.45, 7) is 5.25. The van der Waals surface area contributed by atoms with Crippen molar-refractivity contribution < 1.29 is 0 Å². The van der Waals surface area contributed by atoms with Crippen LogP contribution in [-0.2, 0) is 6.54 Å². The van der Waals surface area contributed by atoms with Gasteiger partial charge in [0, 0.05) is 29.8 Å². The second-order valence-electron chi connectivity index (χ2n) is 5.28. The van der Waals surface area contributed by atoms with Gasteiger partial charge in [0.1, 0.15) is 5.82 Å². The van der Waals surface area contributed by atoms with E-state index in [-0.39, 0.29) is 6.04 Å². The van der Waals surface area contributed by atoms with Crippen molar-refractivity contribution in [3.05, 3.63) is 41.9 Å². The number of aromatic nitrogens is 2. The minimum Gasteiger partial charge on any atom is -0.330 e. The second-order valence-corrected chi connectivity index (χ2v) is 5.28. The van der Waals surface area contributed by atoms with E-state index >= 15 is 0 Å². The minimum atomic E-state index is 0.254. The monoisotopic (exact) mass is 241 g/mol. The van der Waals surface area contributed by atoms with Gasteiger partial charge in [0.05, 0.1) is 5.69 Å². The van der Waals surface area contributed by atoms with Crippen LogP contribution in [0, 0.1) is 6.92 Å². The summed E-state index contributed by atoms with van der Waals surface area (Å²) in [6, 6.07) is 10.6. The summed E-state index contributed by atoms with van der Waals surface area (Å²) in [6.07, 6.45) is 1.03. The van der Waals surface area contributed by atoms with E-state index in [9.17, 15) is 0 Å². The van der Waals surface area contributed by atoms with Gasteiger partial charge < -0.3 is 10.3 Å². The fourth-order valence-electron chi connectivity index (χ4n) is 2.90. The molecule has 2 atom stereocenters. The largest absolute Gasteiger partial charge is 0.330 e. The number of benzene rings is 1. The van der Waals surface area contributed by atoms with Gasteiger partial charge in [-0.2, -0.15) is 0 Å². The molecule has 0 bridgehead atoms. The number of fused-ring (bicyclic) bond motifs is 1. The van der Waals surface area contributed by atoms with Gasteiger partial charge in [0.2, 0.25) is 0 Å². The molecule has 0 spiro atoms. The van der Waals surface area contributed by atoms with Crippen molar-refractivity contribution in [1.29, 1.82) is 0 Å². The molecule has 0 saturated carbocycles. The van der Waals surface area contributed by atoms with E-state index in [0.29, 0.717) is 5.92 Å². The van der Waals surface area contributed by atoms with Gasteiger partial charge in [0.15, 0.2) is 0 Å². The number of nitrogens with zero attached hydrogens (tertiary/aromatic N) is 2. The molecule has 1 aliphatic rings. The van der Waals surface area contributed by atoms with Crippen molar-refractivity contribution in [2.24, 2.45) is 5.73 Å². The lowest BCUT2D eigenvalue weighted by Gasteiger charge is -2.26. The highest BCUT2D eigenvalue weighted by Gasteiger charge is 2.26. The Hall–Kier alpha value is -1.61. The van der Waals surface area contributed by atoms with Crippen molar-refractivity contribution >= 4 is 0 Å². The Labute approximate surface area is 108 Å². The molecule has 1 aliphatic heterocycles. The van der Waals surface area contributed by atoms with Gasteiger partial charge in [-0.25, -0.2) is 4.98 Å². The number of hydrogen-bond donors (Lipinski definition) is 1. The average Bonchev–Trinajstić information content (AvgIpc) is 2.69. The molecule has 1 aromatic carbocycles. The molecular weight excluding hydrogens is 222 g/mol. The van der Waals surface area contributed by atoms with Crippen molar-refractivity contribution in [2.75, 3.05) is 0 Å². The summed E-state index contributed by atoms with van der Waals surface area (Å²) < 4.78 is 2.29. The average molecular weight is 241 g/mol. The van der Waals surface area contributed by atoms with Gasteiger partial charge in [-0.15, -0.1) is 0 Å². The Bertz CT molecular complexity index is 557. The molecule has 2 heterocycles. The summed E-state index contributed by atoms with van der Waals surface area (Å²) in [5, 5.41) is 0. The van der Waals surface area contributed by atoms with Gasteiger partial charge in [-0.3, -0.25) is 0 Å². The topological polar surface area (TPSA) is 43.8 Å². The lowest BCUT2D eigenvalue weighted by Crippen LogP contribution is -2.34. The quantitative estimate of drug-likeness (QED) is 0.834. The highest BCUT2D eigenvalue weighted by molar-refractivity contribution is 5.62. The van der Waals surface area contributed by atoms with Crippen LogP contribution in [-0.4, -0.2) is 15.6 Å². The molecule has 0 radical (unpaired) electrons. The fraction of sp³-hybridized carbons (Fsp3) is 0.400. The molecule has 0 aliphatic carbocycles. The van der Waals surface area contributed by atoms with E-state index in [1.807, 2.05) is 6.07 Å². The Balaban J connectivity index is 2.12. The maximum Gasteiger partial charge on any atom is 0.112 e. The summed E-state index contributed by atoms with van der Waals surface area (Å²) in [7, 11) is 0. The predicted octanol–water partition coefficient (Wildman–Crippen LogP) is 2.69. The number of rotatable bonds is 1. The van der Waals surface area contributed by atoms with Crippen molar-refractivity contribution in [3.8, 4) is 11.3 Å². The number of nitrogens with two attached hydrogens (primary N) is 1. The van der Waals surface area contributed by atoms with Gasteiger partial charge in [0.25, 0.3) is 0 Å². The SMILES string of the molecule is Cc1c(-c2ccccc2)nc2n1CC(N)CC2C. The number of hydrogen-bond acceptors (Lipinski definition) is 2. The zero-order chi connectivity index (χ0) is 12.7. The van der Waals surface area contributed by atoms with Crippen LogP contribution < -0.4 is 5.73 Å². The molecule has 94 valence electrons. The molecule has 0 amide bonds. The molecule has 3 rings (SSSR count). The van der Waals surface area contributed by atoms with Crippen LogP contribution in [0.1, 0.15) is 30.8 Å². The fourth-order valence-corrected chi connectivity index (χ4v) is 2.90. The summed E-state index contributed by atoms with van der Waals surface area (Å²) >= 11 is 0. The third kappa shape index (κ3) is 1.75. The Morgan fingerprint density at radius 2 is 2.00 bits per heavy atom. The molecular formula is C15H19N3. The molecule has 1 aromatic heterocycles. The third-order valence-electron chi connectivity index (χ3n) is 3.81. The molecule has 2 aromatic rings. The normalized spacial score (nSPS) is 22.8. The van der Waals surface area contributed by atoms with Crippen molar-refractivity contribution in [2.45, 2.75) is 38.8 Å². The van der Waals surface area contributed by atoms with E-state index in [2.05, 4.69) is 42.7 Å². The predicted molar refractivity (Wildman–Crippen MR) is 73.4 cm³/mol. The maximum atomic E-state index is 6.11. The first-order chi connectivity index (χ1) is 8.66. The molecule has 3 nitrogen and oxygen atoms in total. The minimum absolute atomic E-state index is 0.254. The lowest BCUT2D eigenvalue weighted by atomic mass is 9.98. The van der Waals surface area contributed by atoms with Crippen LogP contribution >= 0.6 is 0 Å². The van der Waals surface area contributed by atoms with E-state index in [1.165, 1.54) is 17.1 Å². The van der Waals surface area contributed by atoms with Gasteiger partial charge in [-0.05, 0) is 13.3 Å². The smallest absolute Gasteiger partial charge is 0.112 e. The summed E-state index contributed by atoms with van der Waals surface area (Å²) in [5.41, 5.74) is 9.64. The van der Waals surface area contributed by atoms with Crippen molar-refractivity contribution in [1.82, 2.24) is 9.55 Å². The Morgan fingerprint density at radius 3 is 2.72 bits per heavy atom. The van der Waals surface area contributed by atoms with Crippen LogP contribution in [0.4, 0.5) is 0 Å². The second kappa shape index (κ2) is 4.25. The van der Waals surface area contributed by atoms with Crippen LogP contribution in [0.2, 0.25) is 0 Å². The van der Waals surface area contributed by atoms with E-state index < -0.39 is 0 Å². The summed E-state index contributed by atoms with van der Waals surface area (Å²) in [5.74, 6) is 1.64. The summed E-state index contributed by atoms with van der Waals surface area (Å²) in [4.78, 5) is 4.84. The first-order valence-corrected chi connectivity index (χ1v) is 6.55. The van der Waals surface area contributed by atoms with E-state index in [0.717, 1.165) is 18.7 Å².